The van der Waals surface area contributed by atoms with Crippen LogP contribution in [0.5, 0.6) is 11.5 Å². The Morgan fingerprint density at radius 1 is 1.10 bits per heavy atom. The van der Waals surface area contributed by atoms with Crippen molar-refractivity contribution < 1.29 is 24.0 Å². The molecule has 0 unspecified atom stereocenters. The van der Waals surface area contributed by atoms with Crippen molar-refractivity contribution in [2.45, 2.75) is 20.8 Å². The van der Waals surface area contributed by atoms with Crippen LogP contribution in [0.1, 0.15) is 23.6 Å². The highest BCUT2D eigenvalue weighted by Crippen LogP contribution is 2.37. The molecule has 0 aromatic heterocycles. The highest BCUT2D eigenvalue weighted by atomic mass is 79.9. The zero-order valence-corrected chi connectivity index (χ0v) is 23.0. The number of amides is 2. The van der Waals surface area contributed by atoms with Crippen molar-refractivity contribution in [3.63, 3.8) is 0 Å². The van der Waals surface area contributed by atoms with Crippen molar-refractivity contribution in [3.05, 3.63) is 91.4 Å². The summed E-state index contributed by atoms with van der Waals surface area (Å²) in [4.78, 5) is 35.6. The Hall–Kier alpha value is -4.69. The van der Waals surface area contributed by atoms with Crippen LogP contribution in [0.3, 0.4) is 0 Å². The van der Waals surface area contributed by atoms with E-state index < -0.39 is 10.8 Å². The summed E-state index contributed by atoms with van der Waals surface area (Å²) in [6, 6.07) is 16.2. The van der Waals surface area contributed by atoms with Crippen molar-refractivity contribution in [2.24, 2.45) is 0 Å². The molecule has 0 fully saturated rings. The molecule has 0 atom stereocenters. The molecular weight excluding hydrogens is 568 g/mol. The number of halogens is 1. The van der Waals surface area contributed by atoms with E-state index in [4.69, 9.17) is 9.47 Å². The number of aryl methyl sites for hydroxylation is 2. The molecule has 2 N–H and O–H groups in total. The van der Waals surface area contributed by atoms with Gasteiger partial charge < -0.3 is 20.1 Å². The predicted octanol–water partition coefficient (Wildman–Crippen LogP) is 5.94. The normalized spacial score (nSPS) is 10.8. The van der Waals surface area contributed by atoms with Crippen LogP contribution in [0, 0.1) is 35.3 Å². The van der Waals surface area contributed by atoms with E-state index in [2.05, 4.69) is 26.6 Å². The highest BCUT2D eigenvalue weighted by molar-refractivity contribution is 9.10. The number of carbonyl (C=O) groups excluding carboxylic acids is 2. The molecule has 3 aromatic carbocycles. The first-order chi connectivity index (χ1) is 18.6. The standard InChI is InChI=1S/C28H25BrN4O6/c1-4-38-25-13-19(11-20(15-30)28(35)31-21-6-5-7-22(14-21)33(36)37)12-23(29)27(25)39-16-26(34)32-24-10-17(2)8-9-18(24)3/h5-14H,4,16H2,1-3H3,(H,31,35)(H,32,34)/b20-11-. The summed E-state index contributed by atoms with van der Waals surface area (Å²) in [6.45, 7) is 5.62. The van der Waals surface area contributed by atoms with Crippen LogP contribution in [0.4, 0.5) is 17.1 Å². The molecule has 0 aliphatic rings. The fraction of sp³-hybridized carbons (Fsp3) is 0.179. The number of nitro groups is 1. The molecule has 0 bridgehead atoms. The SMILES string of the molecule is CCOc1cc(/C=C(/C#N)C(=O)Nc2cccc([N+](=O)[O-])c2)cc(Br)c1OCC(=O)Nc1cc(C)ccc1C. The largest absolute Gasteiger partial charge is 0.490 e. The lowest BCUT2D eigenvalue weighted by Crippen LogP contribution is -2.21. The number of nitriles is 1. The lowest BCUT2D eigenvalue weighted by Gasteiger charge is -2.15. The Balaban J connectivity index is 1.79. The number of ether oxygens (including phenoxy) is 2. The van der Waals surface area contributed by atoms with Crippen molar-refractivity contribution in [2.75, 3.05) is 23.8 Å². The molecule has 3 rings (SSSR count). The first-order valence-corrected chi connectivity index (χ1v) is 12.5. The minimum Gasteiger partial charge on any atom is -0.490 e. The van der Waals surface area contributed by atoms with Gasteiger partial charge in [-0.1, -0.05) is 18.2 Å². The van der Waals surface area contributed by atoms with E-state index in [1.165, 1.54) is 30.3 Å². The number of carbonyl (C=O) groups is 2. The Morgan fingerprint density at radius 3 is 2.56 bits per heavy atom. The Bertz CT molecular complexity index is 1500. The molecule has 11 heteroatoms. The molecule has 0 aliphatic carbocycles. The average Bonchev–Trinajstić information content (AvgIpc) is 2.89. The molecule has 0 heterocycles. The number of hydrogen-bond donors (Lipinski definition) is 2. The molecule has 2 amide bonds. The van der Waals surface area contributed by atoms with Crippen LogP contribution in [0.15, 0.2) is 64.6 Å². The van der Waals surface area contributed by atoms with Gasteiger partial charge in [0.25, 0.3) is 17.5 Å². The Kier molecular flexibility index (Phi) is 9.78. The molecule has 200 valence electrons. The van der Waals surface area contributed by atoms with E-state index >= 15 is 0 Å². The van der Waals surface area contributed by atoms with Crippen molar-refractivity contribution in [1.82, 2.24) is 0 Å². The van der Waals surface area contributed by atoms with Crippen LogP contribution in [0.25, 0.3) is 6.08 Å². The van der Waals surface area contributed by atoms with Gasteiger partial charge in [-0.25, -0.2) is 0 Å². The second kappa shape index (κ2) is 13.2. The number of nitrogens with zero attached hydrogens (tertiary/aromatic N) is 2. The number of rotatable bonds is 10. The van der Waals surface area contributed by atoms with Crippen LogP contribution >= 0.6 is 15.9 Å². The third-order valence-electron chi connectivity index (χ3n) is 5.34. The minimum atomic E-state index is -0.740. The molecular formula is C28H25BrN4O6. The Morgan fingerprint density at radius 2 is 1.87 bits per heavy atom. The van der Waals surface area contributed by atoms with E-state index in [1.807, 2.05) is 38.1 Å². The fourth-order valence-electron chi connectivity index (χ4n) is 3.48. The number of nitrogens with one attached hydrogen (secondary N) is 2. The summed E-state index contributed by atoms with van der Waals surface area (Å²) in [5.74, 6) is -0.513. The third kappa shape index (κ3) is 7.90. The van der Waals surface area contributed by atoms with Gasteiger partial charge >= 0.3 is 0 Å². The zero-order chi connectivity index (χ0) is 28.5. The Labute approximate surface area is 233 Å². The van der Waals surface area contributed by atoms with Crippen molar-refractivity contribution in [3.8, 4) is 17.6 Å². The molecule has 0 spiro atoms. The maximum Gasteiger partial charge on any atom is 0.271 e. The van der Waals surface area contributed by atoms with Gasteiger partial charge in [-0.05, 0) is 83.7 Å². The molecule has 0 radical (unpaired) electrons. The first kappa shape index (κ1) is 28.9. The zero-order valence-electron chi connectivity index (χ0n) is 21.4. The topological polar surface area (TPSA) is 144 Å². The number of non-ortho nitro benzene ring substituents is 1. The predicted molar refractivity (Wildman–Crippen MR) is 151 cm³/mol. The van der Waals surface area contributed by atoms with E-state index in [0.29, 0.717) is 28.1 Å². The van der Waals surface area contributed by atoms with Gasteiger partial charge in [-0.2, -0.15) is 5.26 Å². The van der Waals surface area contributed by atoms with E-state index in [-0.39, 0.29) is 35.2 Å². The highest BCUT2D eigenvalue weighted by Gasteiger charge is 2.17. The van der Waals surface area contributed by atoms with Gasteiger partial charge in [-0.15, -0.1) is 0 Å². The number of hydrogen-bond acceptors (Lipinski definition) is 7. The number of nitro benzene ring substituents is 1. The van der Waals surface area contributed by atoms with Crippen LogP contribution in [-0.4, -0.2) is 30.0 Å². The van der Waals surface area contributed by atoms with Gasteiger partial charge in [0.05, 0.1) is 16.0 Å². The summed E-state index contributed by atoms with van der Waals surface area (Å²) < 4.78 is 11.9. The van der Waals surface area contributed by atoms with Crippen LogP contribution in [-0.2, 0) is 9.59 Å². The number of benzene rings is 3. The molecule has 3 aromatic rings. The van der Waals surface area contributed by atoms with Crippen molar-refractivity contribution in [1.29, 1.82) is 5.26 Å². The average molecular weight is 593 g/mol. The first-order valence-electron chi connectivity index (χ1n) is 11.7. The number of anilines is 2. The van der Waals surface area contributed by atoms with Gasteiger partial charge in [0.1, 0.15) is 11.6 Å². The summed E-state index contributed by atoms with van der Waals surface area (Å²) in [5.41, 5.74) is 2.82. The maximum atomic E-state index is 12.7. The van der Waals surface area contributed by atoms with Crippen LogP contribution in [0.2, 0.25) is 0 Å². The smallest absolute Gasteiger partial charge is 0.271 e. The van der Waals surface area contributed by atoms with Gasteiger partial charge in [-0.3, -0.25) is 19.7 Å². The molecule has 39 heavy (non-hydrogen) atoms. The second-order valence-electron chi connectivity index (χ2n) is 8.35. The van der Waals surface area contributed by atoms with Gasteiger partial charge in [0.15, 0.2) is 18.1 Å². The third-order valence-corrected chi connectivity index (χ3v) is 5.93. The summed E-state index contributed by atoms with van der Waals surface area (Å²) in [5, 5.41) is 25.9. The summed E-state index contributed by atoms with van der Waals surface area (Å²) >= 11 is 3.42. The minimum absolute atomic E-state index is 0.175. The molecule has 0 saturated carbocycles. The van der Waals surface area contributed by atoms with Gasteiger partial charge in [0, 0.05) is 23.5 Å². The monoisotopic (exact) mass is 592 g/mol. The lowest BCUT2D eigenvalue weighted by molar-refractivity contribution is -0.384. The molecule has 0 saturated heterocycles. The second-order valence-corrected chi connectivity index (χ2v) is 9.20. The summed E-state index contributed by atoms with van der Waals surface area (Å²) in [6.07, 6.45) is 1.34. The lowest BCUT2D eigenvalue weighted by atomic mass is 10.1. The quantitative estimate of drug-likeness (QED) is 0.128. The van der Waals surface area contributed by atoms with E-state index in [0.717, 1.165) is 11.1 Å². The van der Waals surface area contributed by atoms with Crippen molar-refractivity contribution >= 4 is 50.9 Å². The summed E-state index contributed by atoms with van der Waals surface area (Å²) in [7, 11) is 0. The molecule has 10 nitrogen and oxygen atoms in total. The van der Waals surface area contributed by atoms with Crippen LogP contribution < -0.4 is 20.1 Å². The molecule has 0 aliphatic heterocycles. The van der Waals surface area contributed by atoms with E-state index in [9.17, 15) is 25.0 Å². The fourth-order valence-corrected chi connectivity index (χ4v) is 4.05. The van der Waals surface area contributed by atoms with E-state index in [1.54, 1.807) is 19.1 Å². The van der Waals surface area contributed by atoms with Gasteiger partial charge in [0.2, 0.25) is 0 Å². The maximum absolute atomic E-state index is 12.7.